The Labute approximate surface area is 128 Å². The van der Waals surface area contributed by atoms with Gasteiger partial charge in [-0.1, -0.05) is 59.7 Å². The first-order valence-electron chi connectivity index (χ1n) is 7.26. The van der Waals surface area contributed by atoms with E-state index in [2.05, 4.69) is 5.32 Å². The smallest absolute Gasteiger partial charge is 0.250 e. The van der Waals surface area contributed by atoms with Crippen LogP contribution in [-0.2, 0) is 6.54 Å². The van der Waals surface area contributed by atoms with E-state index in [1.807, 2.05) is 62.4 Å². The summed E-state index contributed by atoms with van der Waals surface area (Å²) < 4.78 is 0. The van der Waals surface area contributed by atoms with Crippen LogP contribution in [0.1, 0.15) is 16.7 Å². The fraction of sp³-hybridized carbons (Fsp3) is 0.158. The summed E-state index contributed by atoms with van der Waals surface area (Å²) in [5.74, 6) is 0. The first kappa shape index (κ1) is 14.3. The fourth-order valence-electron chi connectivity index (χ4n) is 2.45. The third kappa shape index (κ3) is 2.58. The lowest BCUT2D eigenvalue weighted by atomic mass is 9.97. The predicted molar refractivity (Wildman–Crippen MR) is 90.0 cm³/mol. The Bertz CT molecular complexity index is 867. The van der Waals surface area contributed by atoms with Gasteiger partial charge >= 0.3 is 0 Å². The summed E-state index contributed by atoms with van der Waals surface area (Å²) in [5.41, 5.74) is 4.27. The number of nitrogens with one attached hydrogen (secondary N) is 1. The van der Waals surface area contributed by atoms with Crippen molar-refractivity contribution in [2.24, 2.45) is 0 Å². The molecule has 3 nitrogen and oxygen atoms in total. The summed E-state index contributed by atoms with van der Waals surface area (Å²) in [6, 6.07) is 15.7. The van der Waals surface area contributed by atoms with Crippen molar-refractivity contribution in [2.45, 2.75) is 20.4 Å². The van der Waals surface area contributed by atoms with Gasteiger partial charge in [0.25, 0.3) is 0 Å². The summed E-state index contributed by atoms with van der Waals surface area (Å²) in [6.45, 7) is 4.55. The lowest BCUT2D eigenvalue weighted by molar-refractivity contribution is 1.13. The zero-order valence-electron chi connectivity index (χ0n) is 12.6. The molecule has 0 aliphatic carbocycles. The van der Waals surface area contributed by atoms with Crippen molar-refractivity contribution in [3.63, 3.8) is 0 Å². The summed E-state index contributed by atoms with van der Waals surface area (Å²) in [4.78, 5) is 23.7. The Hall–Kier alpha value is -2.68. The molecule has 0 heterocycles. The maximum Gasteiger partial charge on any atom is 0.250 e. The molecule has 0 unspecified atom stereocenters. The highest BCUT2D eigenvalue weighted by atomic mass is 16.2. The second kappa shape index (κ2) is 5.60. The Kier molecular flexibility index (Phi) is 3.63. The molecular formula is C19H17NO2. The highest BCUT2D eigenvalue weighted by Gasteiger charge is 2.21. The number of benzene rings is 2. The van der Waals surface area contributed by atoms with E-state index in [0.29, 0.717) is 17.8 Å². The van der Waals surface area contributed by atoms with Crippen molar-refractivity contribution in [3.05, 3.63) is 85.7 Å². The molecule has 3 aromatic rings. The maximum atomic E-state index is 11.9. The maximum absolute atomic E-state index is 11.9. The minimum Gasteiger partial charge on any atom is -0.377 e. The number of hydrogen-bond acceptors (Lipinski definition) is 3. The molecule has 3 aromatic carbocycles. The number of aryl methyl sites for hydroxylation is 2. The molecule has 0 saturated heterocycles. The van der Waals surface area contributed by atoms with Gasteiger partial charge in [-0.2, -0.15) is 0 Å². The molecule has 110 valence electrons. The molecule has 3 rings (SSSR count). The minimum atomic E-state index is -0.428. The molecular weight excluding hydrogens is 274 g/mol. The summed E-state index contributed by atoms with van der Waals surface area (Å²) >= 11 is 0. The molecule has 0 aliphatic rings. The van der Waals surface area contributed by atoms with Crippen LogP contribution in [0.5, 0.6) is 0 Å². The van der Waals surface area contributed by atoms with Gasteiger partial charge in [-0.3, -0.25) is 9.59 Å². The highest BCUT2D eigenvalue weighted by Crippen LogP contribution is 2.24. The lowest BCUT2D eigenvalue weighted by Gasteiger charge is -2.13. The van der Waals surface area contributed by atoms with E-state index in [4.69, 9.17) is 0 Å². The Morgan fingerprint density at radius 3 is 1.91 bits per heavy atom. The van der Waals surface area contributed by atoms with Gasteiger partial charge in [0, 0.05) is 6.54 Å². The van der Waals surface area contributed by atoms with Crippen molar-refractivity contribution >= 4 is 5.69 Å². The van der Waals surface area contributed by atoms with E-state index in [9.17, 15) is 9.59 Å². The first-order chi connectivity index (χ1) is 10.6. The lowest BCUT2D eigenvalue weighted by Crippen LogP contribution is -2.36. The number of hydrogen-bond donors (Lipinski definition) is 1. The molecule has 0 spiro atoms. The van der Waals surface area contributed by atoms with Crippen LogP contribution in [0.4, 0.5) is 5.69 Å². The zero-order chi connectivity index (χ0) is 15.7. The Morgan fingerprint density at radius 2 is 1.32 bits per heavy atom. The van der Waals surface area contributed by atoms with Gasteiger partial charge in [0.15, 0.2) is 0 Å². The van der Waals surface area contributed by atoms with Crippen molar-refractivity contribution < 1.29 is 0 Å². The fourth-order valence-corrected chi connectivity index (χ4v) is 2.45. The van der Waals surface area contributed by atoms with Gasteiger partial charge < -0.3 is 5.32 Å². The molecule has 3 heteroatoms. The van der Waals surface area contributed by atoms with Gasteiger partial charge in [-0.05, 0) is 25.0 Å². The number of rotatable bonds is 4. The first-order valence-corrected chi connectivity index (χ1v) is 7.26. The van der Waals surface area contributed by atoms with E-state index < -0.39 is 10.9 Å². The van der Waals surface area contributed by atoms with Gasteiger partial charge in [-0.25, -0.2) is 0 Å². The monoisotopic (exact) mass is 291 g/mol. The molecule has 22 heavy (non-hydrogen) atoms. The van der Waals surface area contributed by atoms with Crippen molar-refractivity contribution in [1.29, 1.82) is 0 Å². The quantitative estimate of drug-likeness (QED) is 0.751. The van der Waals surface area contributed by atoms with Crippen molar-refractivity contribution in [3.8, 4) is 11.1 Å². The molecule has 0 aromatic heterocycles. The largest absolute Gasteiger partial charge is 0.377 e. The van der Waals surface area contributed by atoms with Crippen LogP contribution < -0.4 is 16.2 Å². The summed E-state index contributed by atoms with van der Waals surface area (Å²) in [5, 5.41) is 3.11. The van der Waals surface area contributed by atoms with Crippen LogP contribution >= 0.6 is 0 Å². The van der Waals surface area contributed by atoms with Crippen LogP contribution in [0.3, 0.4) is 0 Å². The Balaban J connectivity index is 1.84. The predicted octanol–water partition coefficient (Wildman–Crippen LogP) is 3.18. The molecule has 0 bridgehead atoms. The highest BCUT2D eigenvalue weighted by molar-refractivity contribution is 5.81. The third-order valence-electron chi connectivity index (χ3n) is 3.84. The average molecular weight is 291 g/mol. The van der Waals surface area contributed by atoms with Crippen LogP contribution in [0.15, 0.2) is 58.1 Å². The summed E-state index contributed by atoms with van der Waals surface area (Å²) in [7, 11) is 0. The molecule has 1 N–H and O–H groups in total. The van der Waals surface area contributed by atoms with E-state index in [-0.39, 0.29) is 0 Å². The minimum absolute atomic E-state index is 0.407. The second-order valence-corrected chi connectivity index (χ2v) is 5.61. The van der Waals surface area contributed by atoms with Crippen molar-refractivity contribution in [1.82, 2.24) is 0 Å². The van der Waals surface area contributed by atoms with E-state index >= 15 is 0 Å². The van der Waals surface area contributed by atoms with Crippen LogP contribution in [-0.4, -0.2) is 0 Å². The molecule has 0 radical (unpaired) electrons. The van der Waals surface area contributed by atoms with Crippen LogP contribution in [0.2, 0.25) is 0 Å². The molecule has 0 saturated carbocycles. The van der Waals surface area contributed by atoms with E-state index in [0.717, 1.165) is 16.7 Å². The standard InChI is InChI=1S/C19H17NO2/c1-12-3-7-14(8-4-12)11-20-17-16(18(21)19(17)22)15-9-5-13(2)6-10-15/h3-10,20H,11H2,1-2H3. The van der Waals surface area contributed by atoms with E-state index in [1.54, 1.807) is 0 Å². The normalized spacial score (nSPS) is 10.8. The topological polar surface area (TPSA) is 46.2 Å². The van der Waals surface area contributed by atoms with Crippen LogP contribution in [0.25, 0.3) is 11.1 Å². The average Bonchev–Trinajstić information content (AvgIpc) is 2.53. The zero-order valence-corrected chi connectivity index (χ0v) is 12.6. The van der Waals surface area contributed by atoms with Gasteiger partial charge in [0.2, 0.25) is 10.9 Å². The molecule has 0 atom stereocenters. The SMILES string of the molecule is Cc1ccc(CNc2c(-c3ccc(C)cc3)c(=O)c2=O)cc1. The molecule has 0 amide bonds. The second-order valence-electron chi connectivity index (χ2n) is 5.61. The van der Waals surface area contributed by atoms with Crippen molar-refractivity contribution in [2.75, 3.05) is 5.32 Å². The number of anilines is 1. The summed E-state index contributed by atoms with van der Waals surface area (Å²) in [6.07, 6.45) is 0. The van der Waals surface area contributed by atoms with Crippen LogP contribution in [0, 0.1) is 13.8 Å². The van der Waals surface area contributed by atoms with Gasteiger partial charge in [0.05, 0.1) is 11.3 Å². The van der Waals surface area contributed by atoms with E-state index in [1.165, 1.54) is 5.56 Å². The third-order valence-corrected chi connectivity index (χ3v) is 3.84. The van der Waals surface area contributed by atoms with Gasteiger partial charge in [0.1, 0.15) is 0 Å². The van der Waals surface area contributed by atoms with Gasteiger partial charge in [-0.15, -0.1) is 0 Å². The molecule has 0 fully saturated rings. The Morgan fingerprint density at radius 1 is 0.773 bits per heavy atom. The molecule has 0 aliphatic heterocycles.